The molecule has 240 valence electrons. The van der Waals surface area contributed by atoms with Crippen molar-refractivity contribution in [1.29, 1.82) is 0 Å². The molecular formula is C34H39ClN2O8. The Morgan fingerprint density at radius 3 is 1.49 bits per heavy atom. The van der Waals surface area contributed by atoms with Crippen LogP contribution >= 0.6 is 12.4 Å². The number of halogens is 1. The number of carbonyl (C=O) groups excluding carboxylic acids is 2. The zero-order valence-electron chi connectivity index (χ0n) is 25.4. The van der Waals surface area contributed by atoms with E-state index in [-0.39, 0.29) is 47.6 Å². The lowest BCUT2D eigenvalue weighted by Crippen LogP contribution is -2.76. The Labute approximate surface area is 267 Å². The number of phenols is 2. The van der Waals surface area contributed by atoms with Crippen LogP contribution in [0.15, 0.2) is 24.3 Å². The van der Waals surface area contributed by atoms with Crippen molar-refractivity contribution in [1.82, 2.24) is 9.80 Å². The smallest absolute Gasteiger partial charge is 0.174 e. The van der Waals surface area contributed by atoms with Gasteiger partial charge in [-0.3, -0.25) is 9.59 Å². The third kappa shape index (κ3) is 3.16. The summed E-state index contributed by atoms with van der Waals surface area (Å²) in [6, 6.07) is 7.14. The Bertz CT molecular complexity index is 1560. The second-order valence-corrected chi connectivity index (χ2v) is 14.5. The predicted octanol–water partition coefficient (Wildman–Crippen LogP) is 1.91. The number of ketones is 2. The number of hydrogen-bond acceptors (Lipinski definition) is 10. The van der Waals surface area contributed by atoms with E-state index in [0.717, 1.165) is 48.2 Å². The average molecular weight is 639 g/mol. The van der Waals surface area contributed by atoms with E-state index in [1.807, 2.05) is 26.2 Å². The van der Waals surface area contributed by atoms with E-state index >= 15 is 0 Å². The van der Waals surface area contributed by atoms with Crippen molar-refractivity contribution in [2.45, 2.75) is 97.7 Å². The van der Waals surface area contributed by atoms with Gasteiger partial charge in [0, 0.05) is 36.1 Å². The van der Waals surface area contributed by atoms with Gasteiger partial charge in [-0.25, -0.2) is 0 Å². The zero-order chi connectivity index (χ0) is 30.6. The molecule has 4 aliphatic carbocycles. The van der Waals surface area contributed by atoms with Crippen LogP contribution in [0.5, 0.6) is 23.0 Å². The molecule has 8 aliphatic rings. The molecular weight excluding hydrogens is 600 g/mol. The van der Waals surface area contributed by atoms with Crippen molar-refractivity contribution in [2.24, 2.45) is 0 Å². The quantitative estimate of drug-likeness (QED) is 0.338. The lowest BCUT2D eigenvalue weighted by Gasteiger charge is -2.61. The van der Waals surface area contributed by atoms with Crippen molar-refractivity contribution in [3.05, 3.63) is 46.5 Å². The molecule has 0 amide bonds. The van der Waals surface area contributed by atoms with Crippen molar-refractivity contribution in [2.75, 3.05) is 27.2 Å². The molecule has 10 nitrogen and oxygen atoms in total. The maximum absolute atomic E-state index is 12.5. The van der Waals surface area contributed by atoms with Crippen LogP contribution in [0, 0.1) is 0 Å². The molecule has 0 radical (unpaired) electrons. The lowest BCUT2D eigenvalue weighted by atomic mass is 9.49. The summed E-state index contributed by atoms with van der Waals surface area (Å²) >= 11 is 0. The minimum Gasteiger partial charge on any atom is -0.504 e. The second kappa shape index (κ2) is 9.13. The number of Topliss-reactive ketones (excluding diaryl/α,β-unsaturated/α-hetero) is 2. The van der Waals surface area contributed by atoms with Crippen molar-refractivity contribution in [3.63, 3.8) is 0 Å². The van der Waals surface area contributed by atoms with Crippen molar-refractivity contribution < 1.29 is 39.5 Å². The number of piperidine rings is 2. The molecule has 4 bridgehead atoms. The molecule has 2 aromatic carbocycles. The topological polar surface area (TPSA) is 140 Å². The van der Waals surface area contributed by atoms with Crippen LogP contribution in [0.2, 0.25) is 0 Å². The van der Waals surface area contributed by atoms with Crippen LogP contribution in [0.4, 0.5) is 0 Å². The first-order chi connectivity index (χ1) is 21.0. The van der Waals surface area contributed by atoms with Crippen LogP contribution in [-0.2, 0) is 33.3 Å². The van der Waals surface area contributed by atoms with E-state index in [1.165, 1.54) is 0 Å². The standard InChI is InChI=1S/2C17H19NO4.ClH/c2*1-18-7-6-16-13-9-2-3-10(19)14(13)22-15(16)11(20)4-5-17(16,21)12(18)8-9;/h2*2-3,12,15,19,21H,4-8H2,1H3;1H/t2*12-,15+,16+,17-;/m11./s1. The molecule has 2 spiro atoms. The molecule has 2 aromatic rings. The van der Waals surface area contributed by atoms with Gasteiger partial charge in [0.1, 0.15) is 0 Å². The minimum absolute atomic E-state index is 0. The number of benzene rings is 2. The molecule has 11 heteroatoms. The molecule has 2 saturated heterocycles. The van der Waals surface area contributed by atoms with E-state index < -0.39 is 34.2 Å². The van der Waals surface area contributed by atoms with Crippen LogP contribution in [0.25, 0.3) is 0 Å². The van der Waals surface area contributed by atoms with Gasteiger partial charge in [0.15, 0.2) is 46.8 Å². The van der Waals surface area contributed by atoms with Crippen molar-refractivity contribution in [3.8, 4) is 23.0 Å². The zero-order valence-corrected chi connectivity index (χ0v) is 26.2. The van der Waals surface area contributed by atoms with Gasteiger partial charge in [-0.2, -0.15) is 0 Å². The molecule has 8 atom stereocenters. The number of phenolic OH excluding ortho intramolecular Hbond substituents is 2. The van der Waals surface area contributed by atoms with Crippen molar-refractivity contribution >= 4 is 24.0 Å². The number of hydrogen-bond donors (Lipinski definition) is 4. The molecule has 45 heavy (non-hydrogen) atoms. The number of nitrogens with zero attached hydrogens (tertiary/aromatic N) is 2. The summed E-state index contributed by atoms with van der Waals surface area (Å²) in [5.41, 5.74) is 0.740. The number of aromatic hydroxyl groups is 2. The fourth-order valence-corrected chi connectivity index (χ4v) is 11.1. The van der Waals surface area contributed by atoms with Crippen LogP contribution < -0.4 is 9.47 Å². The maximum atomic E-state index is 12.5. The van der Waals surface area contributed by atoms with Crippen LogP contribution in [-0.4, -0.2) is 104 Å². The Morgan fingerprint density at radius 2 is 1.09 bits per heavy atom. The number of likely N-dealkylation sites (tertiary alicyclic amines) is 2. The van der Waals surface area contributed by atoms with E-state index in [1.54, 1.807) is 12.1 Å². The summed E-state index contributed by atoms with van der Waals surface area (Å²) in [4.78, 5) is 29.5. The van der Waals surface area contributed by atoms with Gasteiger partial charge in [0.2, 0.25) is 0 Å². The van der Waals surface area contributed by atoms with Gasteiger partial charge in [0.25, 0.3) is 0 Å². The monoisotopic (exact) mass is 638 g/mol. The van der Waals surface area contributed by atoms with Gasteiger partial charge in [0.05, 0.1) is 22.0 Å². The third-order valence-electron chi connectivity index (χ3n) is 13.1. The van der Waals surface area contributed by atoms with Gasteiger partial charge in [-0.15, -0.1) is 12.4 Å². The van der Waals surface area contributed by atoms with E-state index in [0.29, 0.717) is 50.0 Å². The third-order valence-corrected chi connectivity index (χ3v) is 13.1. The number of likely N-dealkylation sites (N-methyl/N-ethyl adjacent to an activating group) is 2. The molecule has 4 fully saturated rings. The highest BCUT2D eigenvalue weighted by molar-refractivity contribution is 5.91. The van der Waals surface area contributed by atoms with Gasteiger partial charge in [-0.05, 0) is 89.0 Å². The summed E-state index contributed by atoms with van der Waals surface area (Å²) in [7, 11) is 4.09. The van der Waals surface area contributed by atoms with E-state index in [9.17, 15) is 30.0 Å². The first-order valence-corrected chi connectivity index (χ1v) is 15.9. The van der Waals surface area contributed by atoms with Gasteiger partial charge in [-0.1, -0.05) is 12.1 Å². The molecule has 10 rings (SSSR count). The average Bonchev–Trinajstić information content (AvgIpc) is 3.55. The summed E-state index contributed by atoms with van der Waals surface area (Å²) in [6.45, 7) is 1.66. The first-order valence-electron chi connectivity index (χ1n) is 15.9. The van der Waals surface area contributed by atoms with E-state index in [4.69, 9.17) is 9.47 Å². The van der Waals surface area contributed by atoms with Crippen LogP contribution in [0.3, 0.4) is 0 Å². The highest BCUT2D eigenvalue weighted by Crippen LogP contribution is 2.66. The SMILES string of the molecule is CN1CC[C@]23c4c5ccc(O)c4O[C@H]2C(=O)CC[C@@]3(O)[C@H]1C5.CN1CC[C@]23c4c5ccc(O)c4O[C@H]2C(=O)CC[C@@]3(O)[C@H]1C5.Cl. The number of aliphatic hydroxyl groups is 2. The fraction of sp³-hybridized carbons (Fsp3) is 0.588. The molecule has 0 unspecified atom stereocenters. The Kier molecular flexibility index (Phi) is 5.99. The molecule has 0 aromatic heterocycles. The fourth-order valence-electron chi connectivity index (χ4n) is 11.1. The molecule has 4 aliphatic heterocycles. The summed E-state index contributed by atoms with van der Waals surface area (Å²) in [5, 5.41) is 43.7. The number of carbonyl (C=O) groups is 2. The molecule has 2 saturated carbocycles. The van der Waals surface area contributed by atoms with E-state index in [2.05, 4.69) is 9.80 Å². The summed E-state index contributed by atoms with van der Waals surface area (Å²) < 4.78 is 11.9. The Morgan fingerprint density at radius 1 is 0.689 bits per heavy atom. The molecule has 4 heterocycles. The minimum atomic E-state index is -0.954. The highest BCUT2D eigenvalue weighted by atomic mass is 35.5. The second-order valence-electron chi connectivity index (χ2n) is 14.5. The number of rotatable bonds is 0. The van der Waals surface area contributed by atoms with Crippen LogP contribution in [0.1, 0.15) is 60.8 Å². The molecule has 4 N–H and O–H groups in total. The van der Waals surface area contributed by atoms with Gasteiger partial charge < -0.3 is 39.7 Å². The van der Waals surface area contributed by atoms with Gasteiger partial charge >= 0.3 is 0 Å². The first kappa shape index (κ1) is 29.5. The lowest BCUT2D eigenvalue weighted by molar-refractivity contribution is -0.185. The largest absolute Gasteiger partial charge is 0.504 e. The predicted molar refractivity (Wildman–Crippen MR) is 164 cm³/mol. The number of ether oxygens (including phenoxy) is 2. The Hall–Kier alpha value is -2.89. The normalized spacial score (nSPS) is 41.1. The summed E-state index contributed by atoms with van der Waals surface area (Å²) in [5.74, 6) is 1.12. The highest BCUT2D eigenvalue weighted by Gasteiger charge is 2.74. The Balaban J connectivity index is 0.000000131. The maximum Gasteiger partial charge on any atom is 0.174 e. The summed E-state index contributed by atoms with van der Waals surface area (Å²) in [6.07, 6.45) is 3.21.